The highest BCUT2D eigenvalue weighted by atomic mass is 35.5. The lowest BCUT2D eigenvalue weighted by Gasteiger charge is -2.34. The summed E-state index contributed by atoms with van der Waals surface area (Å²) >= 11 is 6.18. The number of likely N-dealkylation sites (N-methyl/N-ethyl adjacent to an activating group) is 1. The van der Waals surface area contributed by atoms with Crippen LogP contribution in [0.3, 0.4) is 0 Å². The normalized spacial score (nSPS) is 15.5. The number of nitrogens with two attached hydrogens (primary N) is 1. The Balaban J connectivity index is 0.00000338. The molecule has 1 aliphatic rings. The van der Waals surface area contributed by atoms with Crippen molar-refractivity contribution in [3.05, 3.63) is 23.2 Å². The van der Waals surface area contributed by atoms with Gasteiger partial charge in [-0.2, -0.15) is 0 Å². The van der Waals surface area contributed by atoms with Gasteiger partial charge in [0, 0.05) is 39.5 Å². The van der Waals surface area contributed by atoms with Crippen molar-refractivity contribution in [3.63, 3.8) is 0 Å². The second-order valence-corrected chi connectivity index (χ2v) is 6.68. The van der Waals surface area contributed by atoms with Gasteiger partial charge < -0.3 is 25.4 Å². The average molecular weight is 406 g/mol. The zero-order valence-electron chi connectivity index (χ0n) is 14.9. The van der Waals surface area contributed by atoms with Crippen molar-refractivity contribution in [1.29, 1.82) is 0 Å². The molecule has 1 aliphatic heterocycles. The molecule has 0 atom stereocenters. The Morgan fingerprint density at radius 3 is 2.54 bits per heavy atom. The average Bonchev–Trinajstić information content (AvgIpc) is 2.61. The number of nitrogens with one attached hydrogen (secondary N) is 1. The molecule has 0 radical (unpaired) electrons. The van der Waals surface area contributed by atoms with Crippen molar-refractivity contribution in [2.75, 3.05) is 45.8 Å². The first-order chi connectivity index (χ1) is 11.9. The second kappa shape index (κ2) is 9.97. The van der Waals surface area contributed by atoms with Crippen LogP contribution in [0.15, 0.2) is 18.2 Å². The Morgan fingerprint density at radius 1 is 1.35 bits per heavy atom. The summed E-state index contributed by atoms with van der Waals surface area (Å²) in [5.74, 6) is 0.0816. The van der Waals surface area contributed by atoms with Crippen LogP contribution in [0.1, 0.15) is 12.8 Å². The van der Waals surface area contributed by atoms with Crippen LogP contribution in [0.4, 0.5) is 5.69 Å². The van der Waals surface area contributed by atoms with Gasteiger partial charge in [-0.05, 0) is 31.0 Å². The SMILES string of the molecule is CN(C)C(=O)COc1ccc(NC(=O)C2(CN)CCOCC2)cc1Cl.Cl. The minimum absolute atomic E-state index is 0. The van der Waals surface area contributed by atoms with E-state index in [0.29, 0.717) is 42.5 Å². The summed E-state index contributed by atoms with van der Waals surface area (Å²) in [6, 6.07) is 4.90. The van der Waals surface area contributed by atoms with Crippen LogP contribution in [0.5, 0.6) is 5.75 Å². The van der Waals surface area contributed by atoms with Crippen molar-refractivity contribution in [1.82, 2.24) is 4.90 Å². The van der Waals surface area contributed by atoms with Gasteiger partial charge in [0.15, 0.2) is 6.61 Å². The number of hydrogen-bond donors (Lipinski definition) is 2. The fraction of sp³-hybridized carbons (Fsp3) is 0.529. The summed E-state index contributed by atoms with van der Waals surface area (Å²) in [5, 5.41) is 3.18. The van der Waals surface area contributed by atoms with Crippen LogP contribution in [0.2, 0.25) is 5.02 Å². The molecule has 0 aromatic heterocycles. The highest BCUT2D eigenvalue weighted by molar-refractivity contribution is 6.32. The predicted molar refractivity (Wildman–Crippen MR) is 103 cm³/mol. The second-order valence-electron chi connectivity index (χ2n) is 6.27. The molecule has 146 valence electrons. The monoisotopic (exact) mass is 405 g/mol. The molecule has 0 aliphatic carbocycles. The number of anilines is 1. The molecule has 1 heterocycles. The number of amides is 2. The molecule has 2 rings (SSSR count). The van der Waals surface area contributed by atoms with E-state index in [1.54, 1.807) is 32.3 Å². The van der Waals surface area contributed by atoms with E-state index in [4.69, 9.17) is 26.8 Å². The smallest absolute Gasteiger partial charge is 0.259 e. The lowest BCUT2D eigenvalue weighted by molar-refractivity contribution is -0.131. The Hall–Kier alpha value is -1.54. The molecule has 1 saturated heterocycles. The molecule has 1 aromatic carbocycles. The van der Waals surface area contributed by atoms with Crippen molar-refractivity contribution in [3.8, 4) is 5.75 Å². The summed E-state index contributed by atoms with van der Waals surface area (Å²) in [5.41, 5.74) is 5.78. The van der Waals surface area contributed by atoms with Crippen LogP contribution in [-0.4, -0.2) is 57.2 Å². The Morgan fingerprint density at radius 2 is 2.00 bits per heavy atom. The molecular formula is C17H25Cl2N3O4. The number of benzene rings is 1. The first kappa shape index (κ1) is 22.5. The minimum atomic E-state index is -0.613. The van der Waals surface area contributed by atoms with Gasteiger partial charge >= 0.3 is 0 Å². The van der Waals surface area contributed by atoms with Crippen molar-refractivity contribution in [2.24, 2.45) is 11.1 Å². The molecule has 0 saturated carbocycles. The fourth-order valence-electron chi connectivity index (χ4n) is 2.51. The zero-order chi connectivity index (χ0) is 18.4. The van der Waals surface area contributed by atoms with E-state index < -0.39 is 5.41 Å². The molecule has 0 bridgehead atoms. The maximum atomic E-state index is 12.6. The van der Waals surface area contributed by atoms with Gasteiger partial charge in [-0.25, -0.2) is 0 Å². The van der Waals surface area contributed by atoms with Gasteiger partial charge in [0.1, 0.15) is 5.75 Å². The topological polar surface area (TPSA) is 93.9 Å². The summed E-state index contributed by atoms with van der Waals surface area (Å²) in [7, 11) is 3.30. The van der Waals surface area contributed by atoms with E-state index >= 15 is 0 Å². The van der Waals surface area contributed by atoms with Crippen LogP contribution in [0, 0.1) is 5.41 Å². The summed E-state index contributed by atoms with van der Waals surface area (Å²) in [4.78, 5) is 25.6. The predicted octanol–water partition coefficient (Wildman–Crippen LogP) is 1.92. The molecule has 0 spiro atoms. The Kier molecular flexibility index (Phi) is 8.62. The first-order valence-electron chi connectivity index (χ1n) is 8.10. The molecule has 2 amide bonds. The van der Waals surface area contributed by atoms with Crippen LogP contribution in [0.25, 0.3) is 0 Å². The molecule has 3 N–H and O–H groups in total. The molecule has 0 unspecified atom stereocenters. The van der Waals surface area contributed by atoms with Crippen LogP contribution in [-0.2, 0) is 14.3 Å². The van der Waals surface area contributed by atoms with E-state index in [0.717, 1.165) is 0 Å². The molecular weight excluding hydrogens is 381 g/mol. The standard InChI is InChI=1S/C17H24ClN3O4.ClH/c1-21(2)15(22)10-25-14-4-3-12(9-13(14)18)20-16(23)17(11-19)5-7-24-8-6-17;/h3-4,9H,5-8,10-11,19H2,1-2H3,(H,20,23);1H. The quantitative estimate of drug-likeness (QED) is 0.753. The lowest BCUT2D eigenvalue weighted by atomic mass is 9.79. The summed E-state index contributed by atoms with van der Waals surface area (Å²) in [6.45, 7) is 1.22. The van der Waals surface area contributed by atoms with Gasteiger partial charge in [-0.3, -0.25) is 9.59 Å². The largest absolute Gasteiger partial charge is 0.482 e. The third-order valence-electron chi connectivity index (χ3n) is 4.36. The van der Waals surface area contributed by atoms with E-state index in [9.17, 15) is 9.59 Å². The lowest BCUT2D eigenvalue weighted by Crippen LogP contribution is -2.46. The van der Waals surface area contributed by atoms with Crippen molar-refractivity contribution in [2.45, 2.75) is 12.8 Å². The molecule has 1 fully saturated rings. The zero-order valence-corrected chi connectivity index (χ0v) is 16.5. The van der Waals surface area contributed by atoms with Crippen molar-refractivity contribution >= 4 is 41.5 Å². The van der Waals surface area contributed by atoms with Crippen LogP contribution >= 0.6 is 24.0 Å². The number of halogens is 2. The van der Waals surface area contributed by atoms with Crippen LogP contribution < -0.4 is 15.8 Å². The molecule has 1 aromatic rings. The third-order valence-corrected chi connectivity index (χ3v) is 4.66. The summed E-state index contributed by atoms with van der Waals surface area (Å²) in [6.07, 6.45) is 1.19. The van der Waals surface area contributed by atoms with Crippen molar-refractivity contribution < 1.29 is 19.1 Å². The van der Waals surface area contributed by atoms with E-state index in [-0.39, 0.29) is 37.4 Å². The Labute approximate surface area is 164 Å². The molecule has 26 heavy (non-hydrogen) atoms. The highest BCUT2D eigenvalue weighted by Crippen LogP contribution is 2.32. The number of nitrogens with zero attached hydrogens (tertiary/aromatic N) is 1. The minimum Gasteiger partial charge on any atom is -0.482 e. The number of carbonyl (C=O) groups is 2. The maximum Gasteiger partial charge on any atom is 0.259 e. The number of ether oxygens (including phenoxy) is 2. The molecule has 9 heteroatoms. The van der Waals surface area contributed by atoms with E-state index in [1.807, 2.05) is 0 Å². The maximum absolute atomic E-state index is 12.6. The number of rotatable bonds is 6. The van der Waals surface area contributed by atoms with Gasteiger partial charge in [-0.15, -0.1) is 12.4 Å². The Bertz CT molecular complexity index is 634. The number of carbonyl (C=O) groups excluding carboxylic acids is 2. The van der Waals surface area contributed by atoms with Gasteiger partial charge in [0.2, 0.25) is 5.91 Å². The van der Waals surface area contributed by atoms with E-state index in [2.05, 4.69) is 5.32 Å². The van der Waals surface area contributed by atoms with E-state index in [1.165, 1.54) is 4.90 Å². The van der Waals surface area contributed by atoms with Gasteiger partial charge in [-0.1, -0.05) is 11.6 Å². The number of hydrogen-bond acceptors (Lipinski definition) is 5. The first-order valence-corrected chi connectivity index (χ1v) is 8.47. The summed E-state index contributed by atoms with van der Waals surface area (Å²) < 4.78 is 10.7. The highest BCUT2D eigenvalue weighted by Gasteiger charge is 2.38. The molecule has 7 nitrogen and oxygen atoms in total. The van der Waals surface area contributed by atoms with Gasteiger partial charge in [0.05, 0.1) is 10.4 Å². The fourth-order valence-corrected chi connectivity index (χ4v) is 2.75. The third kappa shape index (κ3) is 5.48. The van der Waals surface area contributed by atoms with Gasteiger partial charge in [0.25, 0.3) is 5.91 Å².